The Morgan fingerprint density at radius 2 is 2.21 bits per heavy atom. The van der Waals surface area contributed by atoms with Crippen LogP contribution in [0.15, 0.2) is 28.9 Å². The van der Waals surface area contributed by atoms with Gasteiger partial charge in [0.05, 0.1) is 4.88 Å². The third-order valence-corrected chi connectivity index (χ3v) is 3.71. The van der Waals surface area contributed by atoms with Crippen LogP contribution in [0.25, 0.3) is 10.4 Å². The van der Waals surface area contributed by atoms with Gasteiger partial charge in [-0.05, 0) is 24.1 Å². The van der Waals surface area contributed by atoms with Crippen LogP contribution in [0.1, 0.15) is 5.56 Å². The number of hydrogen-bond donors (Lipinski definition) is 1. The van der Waals surface area contributed by atoms with Crippen molar-refractivity contribution in [3.05, 3.63) is 34.4 Å². The molecule has 0 saturated carbocycles. The minimum atomic E-state index is 0.608. The second kappa shape index (κ2) is 3.71. The summed E-state index contributed by atoms with van der Waals surface area (Å²) in [5, 5.41) is 0.608. The molecule has 0 saturated heterocycles. The number of nitrogens with zero attached hydrogens (tertiary/aromatic N) is 1. The molecule has 0 aliphatic carbocycles. The van der Waals surface area contributed by atoms with E-state index in [0.717, 1.165) is 14.9 Å². The summed E-state index contributed by atoms with van der Waals surface area (Å²) in [5.74, 6) is 0. The minimum absolute atomic E-state index is 0.608. The highest BCUT2D eigenvalue weighted by Gasteiger charge is 2.03. The summed E-state index contributed by atoms with van der Waals surface area (Å²) in [5.41, 5.74) is 7.96. The number of nitrogen functional groups attached to an aromatic ring is 1. The molecule has 0 radical (unpaired) electrons. The quantitative estimate of drug-likeness (QED) is 0.861. The van der Waals surface area contributed by atoms with Crippen molar-refractivity contribution in [1.82, 2.24) is 4.98 Å². The van der Waals surface area contributed by atoms with Gasteiger partial charge in [-0.15, -0.1) is 0 Å². The van der Waals surface area contributed by atoms with Crippen LogP contribution in [0.5, 0.6) is 0 Å². The van der Waals surface area contributed by atoms with Crippen molar-refractivity contribution in [3.8, 4) is 10.4 Å². The zero-order valence-electron chi connectivity index (χ0n) is 7.62. The number of nitrogens with two attached hydrogens (primary N) is 1. The topological polar surface area (TPSA) is 38.9 Å². The molecular formula is C10H9BrN2S. The predicted octanol–water partition coefficient (Wildman–Crippen LogP) is 3.46. The second-order valence-electron chi connectivity index (χ2n) is 3.03. The van der Waals surface area contributed by atoms with Crippen LogP contribution in [-0.4, -0.2) is 4.98 Å². The normalized spacial score (nSPS) is 10.4. The maximum absolute atomic E-state index is 5.58. The van der Waals surface area contributed by atoms with Crippen molar-refractivity contribution in [1.29, 1.82) is 0 Å². The fourth-order valence-corrected chi connectivity index (χ4v) is 2.23. The van der Waals surface area contributed by atoms with E-state index in [1.54, 1.807) is 6.20 Å². The zero-order chi connectivity index (χ0) is 10.1. The molecule has 1 aromatic heterocycles. The summed E-state index contributed by atoms with van der Waals surface area (Å²) in [6.45, 7) is 2.06. The highest BCUT2D eigenvalue weighted by Crippen LogP contribution is 2.30. The van der Waals surface area contributed by atoms with E-state index in [2.05, 4.69) is 46.0 Å². The first kappa shape index (κ1) is 9.68. The van der Waals surface area contributed by atoms with Crippen LogP contribution in [-0.2, 0) is 0 Å². The summed E-state index contributed by atoms with van der Waals surface area (Å²) in [4.78, 5) is 5.13. The first-order valence-corrected chi connectivity index (χ1v) is 5.75. The SMILES string of the molecule is Cc1ccc(-c2cnc(N)s2)cc1Br. The van der Waals surface area contributed by atoms with Crippen molar-refractivity contribution in [2.75, 3.05) is 5.73 Å². The van der Waals surface area contributed by atoms with E-state index in [-0.39, 0.29) is 0 Å². The molecule has 14 heavy (non-hydrogen) atoms. The fraction of sp³-hybridized carbons (Fsp3) is 0.100. The van der Waals surface area contributed by atoms with E-state index in [1.165, 1.54) is 16.9 Å². The van der Waals surface area contributed by atoms with Crippen LogP contribution in [0, 0.1) is 6.92 Å². The monoisotopic (exact) mass is 268 g/mol. The van der Waals surface area contributed by atoms with E-state index in [1.807, 2.05) is 0 Å². The Hall–Kier alpha value is -0.870. The molecule has 2 nitrogen and oxygen atoms in total. The molecule has 1 heterocycles. The Morgan fingerprint density at radius 3 is 2.79 bits per heavy atom. The molecule has 0 aliphatic rings. The van der Waals surface area contributed by atoms with Crippen LogP contribution in [0.4, 0.5) is 5.13 Å². The van der Waals surface area contributed by atoms with Crippen LogP contribution < -0.4 is 5.73 Å². The zero-order valence-corrected chi connectivity index (χ0v) is 10.0. The first-order valence-electron chi connectivity index (χ1n) is 4.14. The summed E-state index contributed by atoms with van der Waals surface area (Å²) >= 11 is 5.00. The van der Waals surface area contributed by atoms with Gasteiger partial charge in [-0.25, -0.2) is 4.98 Å². The number of thiazole rings is 1. The molecule has 0 atom stereocenters. The maximum Gasteiger partial charge on any atom is 0.180 e. The molecule has 2 rings (SSSR count). The largest absolute Gasteiger partial charge is 0.375 e. The van der Waals surface area contributed by atoms with Crippen LogP contribution >= 0.6 is 27.3 Å². The fourth-order valence-electron chi connectivity index (χ4n) is 1.17. The summed E-state index contributed by atoms with van der Waals surface area (Å²) in [7, 11) is 0. The average molecular weight is 269 g/mol. The highest BCUT2D eigenvalue weighted by atomic mass is 79.9. The van der Waals surface area contributed by atoms with E-state index >= 15 is 0 Å². The van der Waals surface area contributed by atoms with Gasteiger partial charge in [0.1, 0.15) is 0 Å². The number of rotatable bonds is 1. The lowest BCUT2D eigenvalue weighted by molar-refractivity contribution is 1.41. The highest BCUT2D eigenvalue weighted by molar-refractivity contribution is 9.10. The van der Waals surface area contributed by atoms with Gasteiger partial charge in [-0.1, -0.05) is 39.4 Å². The predicted molar refractivity (Wildman–Crippen MR) is 64.4 cm³/mol. The molecule has 72 valence electrons. The molecule has 0 aliphatic heterocycles. The van der Waals surface area contributed by atoms with Gasteiger partial charge < -0.3 is 5.73 Å². The number of aromatic nitrogens is 1. The lowest BCUT2D eigenvalue weighted by Crippen LogP contribution is -1.77. The van der Waals surface area contributed by atoms with E-state index in [0.29, 0.717) is 5.13 Å². The molecule has 4 heteroatoms. The van der Waals surface area contributed by atoms with Gasteiger partial charge in [0.25, 0.3) is 0 Å². The van der Waals surface area contributed by atoms with Crippen molar-refractivity contribution >= 4 is 32.4 Å². The summed E-state index contributed by atoms with van der Waals surface area (Å²) in [6.07, 6.45) is 1.80. The molecule has 0 spiro atoms. The van der Waals surface area contributed by atoms with Gasteiger partial charge in [-0.3, -0.25) is 0 Å². The Bertz CT molecular complexity index is 465. The summed E-state index contributed by atoms with van der Waals surface area (Å²) in [6, 6.07) is 6.24. The van der Waals surface area contributed by atoms with Crippen molar-refractivity contribution in [3.63, 3.8) is 0 Å². The number of hydrogen-bond acceptors (Lipinski definition) is 3. The standard InChI is InChI=1S/C10H9BrN2S/c1-6-2-3-7(4-8(6)11)9-5-13-10(12)14-9/h2-5H,1H3,(H2,12,13). The van der Waals surface area contributed by atoms with Crippen molar-refractivity contribution in [2.45, 2.75) is 6.92 Å². The van der Waals surface area contributed by atoms with Gasteiger partial charge in [-0.2, -0.15) is 0 Å². The maximum atomic E-state index is 5.58. The first-order chi connectivity index (χ1) is 6.66. The molecule has 2 N–H and O–H groups in total. The second-order valence-corrected chi connectivity index (χ2v) is 4.94. The Kier molecular flexibility index (Phi) is 2.56. The van der Waals surface area contributed by atoms with Gasteiger partial charge in [0.2, 0.25) is 0 Å². The summed E-state index contributed by atoms with van der Waals surface area (Å²) < 4.78 is 1.11. The lowest BCUT2D eigenvalue weighted by Gasteiger charge is -2.00. The molecule has 0 bridgehead atoms. The number of benzene rings is 1. The van der Waals surface area contributed by atoms with Gasteiger partial charge >= 0.3 is 0 Å². The van der Waals surface area contributed by atoms with Crippen LogP contribution in [0.3, 0.4) is 0 Å². The Labute approximate surface area is 94.9 Å². The van der Waals surface area contributed by atoms with E-state index in [4.69, 9.17) is 5.73 Å². The Morgan fingerprint density at radius 1 is 1.43 bits per heavy atom. The molecule has 0 fully saturated rings. The number of aryl methyl sites for hydroxylation is 1. The molecule has 0 amide bonds. The molecule has 2 aromatic rings. The lowest BCUT2D eigenvalue weighted by atomic mass is 10.1. The third kappa shape index (κ3) is 1.81. The Balaban J connectivity index is 2.47. The van der Waals surface area contributed by atoms with Gasteiger partial charge in [0.15, 0.2) is 5.13 Å². The smallest absolute Gasteiger partial charge is 0.180 e. The van der Waals surface area contributed by atoms with E-state index < -0.39 is 0 Å². The van der Waals surface area contributed by atoms with Gasteiger partial charge in [0, 0.05) is 10.7 Å². The average Bonchev–Trinajstić information content (AvgIpc) is 2.57. The van der Waals surface area contributed by atoms with Crippen molar-refractivity contribution in [2.24, 2.45) is 0 Å². The third-order valence-electron chi connectivity index (χ3n) is 1.98. The minimum Gasteiger partial charge on any atom is -0.375 e. The number of halogens is 1. The molecular weight excluding hydrogens is 260 g/mol. The molecule has 1 aromatic carbocycles. The number of anilines is 1. The van der Waals surface area contributed by atoms with E-state index in [9.17, 15) is 0 Å². The van der Waals surface area contributed by atoms with Crippen LogP contribution in [0.2, 0.25) is 0 Å². The molecule has 0 unspecified atom stereocenters. The van der Waals surface area contributed by atoms with Crippen molar-refractivity contribution < 1.29 is 0 Å².